The largest absolute Gasteiger partial charge is 0.366 e. The maximum Gasteiger partial charge on any atom is 0.0982 e. The second-order valence-corrected chi connectivity index (χ2v) is 10.5. The van der Waals surface area contributed by atoms with Gasteiger partial charge in [-0.15, -0.1) is 0 Å². The standard InChI is InChI=1S/C24H33NO2/c1-2-23-10-8-19-18-7-5-17(25-26)14-16(18)4-6-20(19)21(23)15-22(11-12-22)24(23)9-3-13-27-24/h3,9,17,19-21H,2,4-8,10-15H2,1H3/t17?,19?,20?,21?,23-,24-/m0/s1. The van der Waals surface area contributed by atoms with Crippen LogP contribution in [-0.4, -0.2) is 18.2 Å². The van der Waals surface area contributed by atoms with Gasteiger partial charge in [0.2, 0.25) is 0 Å². The zero-order valence-electron chi connectivity index (χ0n) is 16.7. The van der Waals surface area contributed by atoms with Crippen molar-refractivity contribution < 1.29 is 4.74 Å². The minimum atomic E-state index is 0.0537. The molecule has 146 valence electrons. The van der Waals surface area contributed by atoms with Crippen molar-refractivity contribution in [3.8, 4) is 0 Å². The van der Waals surface area contributed by atoms with E-state index in [9.17, 15) is 4.91 Å². The van der Waals surface area contributed by atoms with Crippen LogP contribution in [-0.2, 0) is 4.74 Å². The number of hydrogen-bond donors (Lipinski definition) is 0. The molecular weight excluding hydrogens is 334 g/mol. The molecule has 4 unspecified atom stereocenters. The van der Waals surface area contributed by atoms with Gasteiger partial charge in [-0.3, -0.25) is 0 Å². The lowest BCUT2D eigenvalue weighted by Crippen LogP contribution is -2.54. The Labute approximate surface area is 163 Å². The van der Waals surface area contributed by atoms with Crippen LogP contribution in [0, 0.1) is 33.5 Å². The summed E-state index contributed by atoms with van der Waals surface area (Å²) in [4.78, 5) is 11.1. The Kier molecular flexibility index (Phi) is 3.49. The maximum atomic E-state index is 11.1. The van der Waals surface area contributed by atoms with Gasteiger partial charge in [-0.2, -0.15) is 4.91 Å². The van der Waals surface area contributed by atoms with Gasteiger partial charge in [-0.05, 0) is 88.4 Å². The molecule has 6 rings (SSSR count). The molecule has 3 nitrogen and oxygen atoms in total. The van der Waals surface area contributed by atoms with Gasteiger partial charge < -0.3 is 4.74 Å². The first-order chi connectivity index (χ1) is 13.2. The second-order valence-electron chi connectivity index (χ2n) is 10.5. The molecule has 27 heavy (non-hydrogen) atoms. The predicted octanol–water partition coefficient (Wildman–Crippen LogP) is 5.94. The quantitative estimate of drug-likeness (QED) is 0.447. The first-order valence-electron chi connectivity index (χ1n) is 11.5. The van der Waals surface area contributed by atoms with Crippen LogP contribution in [0.15, 0.2) is 28.5 Å². The lowest BCUT2D eigenvalue weighted by atomic mass is 9.50. The number of allylic oxidation sites excluding steroid dienone is 1. The summed E-state index contributed by atoms with van der Waals surface area (Å²) >= 11 is 0. The van der Waals surface area contributed by atoms with E-state index in [2.05, 4.69) is 24.3 Å². The molecule has 0 aromatic heterocycles. The molecule has 6 aliphatic rings. The van der Waals surface area contributed by atoms with Crippen molar-refractivity contribution in [2.45, 2.75) is 89.2 Å². The molecule has 0 radical (unpaired) electrons. The van der Waals surface area contributed by atoms with E-state index in [1.165, 1.54) is 51.4 Å². The Balaban J connectivity index is 1.38. The molecular formula is C24H33NO2. The summed E-state index contributed by atoms with van der Waals surface area (Å²) in [6.07, 6.45) is 18.7. The Hall–Kier alpha value is -0.960. The molecule has 2 spiro atoms. The van der Waals surface area contributed by atoms with Crippen LogP contribution < -0.4 is 0 Å². The lowest BCUT2D eigenvalue weighted by Gasteiger charge is -2.56. The van der Waals surface area contributed by atoms with Crippen molar-refractivity contribution in [1.29, 1.82) is 0 Å². The molecule has 0 aromatic rings. The third-order valence-electron chi connectivity index (χ3n) is 10.1. The normalized spacial score (nSPS) is 49.2. The third-order valence-corrected chi connectivity index (χ3v) is 10.1. The molecule has 5 aliphatic carbocycles. The number of hydrogen-bond acceptors (Lipinski definition) is 3. The lowest BCUT2D eigenvalue weighted by molar-refractivity contribution is -0.132. The van der Waals surface area contributed by atoms with Crippen LogP contribution in [0.25, 0.3) is 0 Å². The summed E-state index contributed by atoms with van der Waals surface area (Å²) in [6, 6.07) is 0.0557. The van der Waals surface area contributed by atoms with Crippen LogP contribution in [0.4, 0.5) is 0 Å². The Morgan fingerprint density at radius 2 is 2.07 bits per heavy atom. The molecule has 0 saturated heterocycles. The minimum Gasteiger partial charge on any atom is -0.366 e. The molecule has 3 saturated carbocycles. The Morgan fingerprint density at radius 3 is 2.78 bits per heavy atom. The zero-order valence-corrected chi connectivity index (χ0v) is 16.7. The van der Waals surface area contributed by atoms with Crippen molar-refractivity contribution in [1.82, 2.24) is 0 Å². The summed E-state index contributed by atoms with van der Waals surface area (Å²) in [5, 5.41) is 3.39. The van der Waals surface area contributed by atoms with E-state index in [0.717, 1.165) is 43.6 Å². The molecule has 1 heterocycles. The van der Waals surface area contributed by atoms with Gasteiger partial charge >= 0.3 is 0 Å². The molecule has 0 amide bonds. The van der Waals surface area contributed by atoms with E-state index in [-0.39, 0.29) is 11.6 Å². The van der Waals surface area contributed by atoms with Crippen molar-refractivity contribution in [2.24, 2.45) is 33.8 Å². The van der Waals surface area contributed by atoms with Gasteiger partial charge in [0.25, 0.3) is 0 Å². The molecule has 0 aromatic carbocycles. The topological polar surface area (TPSA) is 38.7 Å². The highest BCUT2D eigenvalue weighted by atomic mass is 16.5. The Morgan fingerprint density at radius 1 is 1.19 bits per heavy atom. The van der Waals surface area contributed by atoms with Crippen molar-refractivity contribution in [3.05, 3.63) is 28.2 Å². The van der Waals surface area contributed by atoms with Crippen LogP contribution in [0.5, 0.6) is 0 Å². The average Bonchev–Trinajstić information content (AvgIpc) is 3.24. The number of ether oxygens (including phenoxy) is 1. The van der Waals surface area contributed by atoms with Crippen LogP contribution in [0.1, 0.15) is 77.6 Å². The van der Waals surface area contributed by atoms with Gasteiger partial charge in [-0.25, -0.2) is 0 Å². The summed E-state index contributed by atoms with van der Waals surface area (Å²) in [6.45, 7) is 3.28. The predicted molar refractivity (Wildman–Crippen MR) is 106 cm³/mol. The molecule has 6 atom stereocenters. The number of rotatable bonds is 2. The summed E-state index contributed by atoms with van der Waals surface area (Å²) in [5.74, 6) is 2.48. The third kappa shape index (κ3) is 1.93. The fourth-order valence-corrected chi connectivity index (χ4v) is 8.91. The first-order valence-corrected chi connectivity index (χ1v) is 11.5. The van der Waals surface area contributed by atoms with Crippen LogP contribution in [0.2, 0.25) is 0 Å². The van der Waals surface area contributed by atoms with Crippen molar-refractivity contribution in [3.63, 3.8) is 0 Å². The average molecular weight is 368 g/mol. The minimum absolute atomic E-state index is 0.0537. The van der Waals surface area contributed by atoms with Gasteiger partial charge in [-0.1, -0.05) is 35.4 Å². The smallest absolute Gasteiger partial charge is 0.0982 e. The van der Waals surface area contributed by atoms with Crippen molar-refractivity contribution >= 4 is 0 Å². The Bertz CT molecular complexity index is 735. The van der Waals surface area contributed by atoms with Gasteiger partial charge in [0.1, 0.15) is 0 Å². The van der Waals surface area contributed by atoms with Gasteiger partial charge in [0.15, 0.2) is 0 Å². The van der Waals surface area contributed by atoms with E-state index >= 15 is 0 Å². The van der Waals surface area contributed by atoms with Crippen LogP contribution >= 0.6 is 0 Å². The van der Waals surface area contributed by atoms with E-state index in [1.807, 2.05) is 0 Å². The van der Waals surface area contributed by atoms with E-state index in [0.29, 0.717) is 10.8 Å². The summed E-state index contributed by atoms with van der Waals surface area (Å²) < 4.78 is 6.69. The maximum absolute atomic E-state index is 11.1. The first kappa shape index (κ1) is 16.9. The molecule has 1 aliphatic heterocycles. The van der Waals surface area contributed by atoms with E-state index in [1.54, 1.807) is 11.1 Å². The highest BCUT2D eigenvalue weighted by molar-refractivity contribution is 5.36. The number of fused-ring (bicyclic) bond motifs is 6. The molecule has 0 N–H and O–H groups in total. The highest BCUT2D eigenvalue weighted by Crippen LogP contribution is 2.79. The summed E-state index contributed by atoms with van der Waals surface area (Å²) in [5.41, 5.74) is 4.28. The zero-order chi connectivity index (χ0) is 18.3. The van der Waals surface area contributed by atoms with Crippen LogP contribution in [0.3, 0.4) is 0 Å². The fourth-order valence-electron chi connectivity index (χ4n) is 8.91. The molecule has 3 heteroatoms. The summed E-state index contributed by atoms with van der Waals surface area (Å²) in [7, 11) is 0. The van der Waals surface area contributed by atoms with E-state index < -0.39 is 0 Å². The number of nitroso groups, excluding NO2 is 1. The fraction of sp³-hybridized carbons (Fsp3) is 0.833. The highest BCUT2D eigenvalue weighted by Gasteiger charge is 2.77. The van der Waals surface area contributed by atoms with E-state index in [4.69, 9.17) is 4.74 Å². The second kappa shape index (κ2) is 5.55. The number of nitrogens with zero attached hydrogens (tertiary/aromatic N) is 1. The van der Waals surface area contributed by atoms with Gasteiger partial charge in [0, 0.05) is 10.8 Å². The van der Waals surface area contributed by atoms with Gasteiger partial charge in [0.05, 0.1) is 18.2 Å². The molecule has 0 bridgehead atoms. The molecule has 3 fully saturated rings. The van der Waals surface area contributed by atoms with Crippen molar-refractivity contribution in [2.75, 3.05) is 6.61 Å². The monoisotopic (exact) mass is 367 g/mol. The SMILES string of the molecule is CC[C@]12CCC3C4=C(CCC3C1CC1(CC1)[C@@]21C=CCO1)CC(N=O)CC4.